The monoisotopic (exact) mass is 540 g/mol. The summed E-state index contributed by atoms with van der Waals surface area (Å²) in [6.45, 7) is 0. The van der Waals surface area contributed by atoms with E-state index in [0.717, 1.165) is 5.56 Å². The molecule has 192 valence electrons. The predicted molar refractivity (Wildman–Crippen MR) is 138 cm³/mol. The van der Waals surface area contributed by atoms with Gasteiger partial charge in [-0.05, 0) is 23.1 Å². The number of aliphatic hydroxyl groups is 1. The van der Waals surface area contributed by atoms with Gasteiger partial charge in [0, 0.05) is 5.56 Å². The minimum Gasteiger partial charge on any atom is -0.360 e. The highest BCUT2D eigenvalue weighted by Crippen LogP contribution is 2.64. The normalized spacial score (nSPS) is 15.5. The van der Waals surface area contributed by atoms with E-state index in [1.165, 1.54) is 12.1 Å². The molecule has 0 aliphatic heterocycles. The van der Waals surface area contributed by atoms with Crippen LogP contribution < -0.4 is 0 Å². The van der Waals surface area contributed by atoms with Crippen molar-refractivity contribution in [2.75, 3.05) is 0 Å². The molecule has 4 N–H and O–H groups in total. The van der Waals surface area contributed by atoms with Crippen molar-refractivity contribution < 1.29 is 37.8 Å². The summed E-state index contributed by atoms with van der Waals surface area (Å²) in [7, 11) is -11.0. The molecule has 4 rings (SSSR count). The molecule has 4 aromatic rings. The second-order valence-corrected chi connectivity index (χ2v) is 11.2. The van der Waals surface area contributed by atoms with E-state index >= 15 is 0 Å². The van der Waals surface area contributed by atoms with Crippen LogP contribution in [0.1, 0.15) is 22.3 Å². The highest BCUT2D eigenvalue weighted by molar-refractivity contribution is 7.60. The number of hydrogen-bond donors (Lipinski definition) is 4. The number of phosphoric ester groups is 1. The minimum atomic E-state index is -5.56. The molecule has 0 fully saturated rings. The Hall–Kier alpha value is -2.90. The van der Waals surface area contributed by atoms with Gasteiger partial charge in [0.25, 0.3) is 0 Å². The molecular weight excluding hydrogens is 514 g/mol. The molecule has 0 saturated carbocycles. The van der Waals surface area contributed by atoms with Gasteiger partial charge in [0.1, 0.15) is 0 Å². The molecule has 0 amide bonds. The number of benzene rings is 4. The van der Waals surface area contributed by atoms with Crippen molar-refractivity contribution in [3.05, 3.63) is 144 Å². The maximum Gasteiger partial charge on any atom is 0.483 e. The summed E-state index contributed by atoms with van der Waals surface area (Å²) in [5, 5.41) is 12.6. The van der Waals surface area contributed by atoms with Gasteiger partial charge in [0.15, 0.2) is 0 Å². The van der Waals surface area contributed by atoms with E-state index in [-0.39, 0.29) is 12.0 Å². The van der Waals surface area contributed by atoms with Crippen LogP contribution in [0.25, 0.3) is 0 Å². The molecule has 0 heterocycles. The fourth-order valence-corrected chi connectivity index (χ4v) is 6.39. The first-order chi connectivity index (χ1) is 17.6. The van der Waals surface area contributed by atoms with Crippen LogP contribution in [0.15, 0.2) is 121 Å². The summed E-state index contributed by atoms with van der Waals surface area (Å²) in [5.74, 6) is -2.66. The first-order valence-corrected chi connectivity index (χ1v) is 14.3. The first kappa shape index (κ1) is 27.1. The Labute approximate surface area is 214 Å². The Morgan fingerprint density at radius 3 is 1.38 bits per heavy atom. The number of rotatable bonds is 10. The standard InChI is InChI=1S/C27H26O8P2/c28-27(25-19-11-4-12-20-25,34-37(32,33)35-36(29,30)31)26(23-15-7-2-8-16-23,24-17-9-3-10-18-24)21-22-13-5-1-6-14-22/h1-20,28H,21H2,(H,32,33)(H2,29,30,31). The molecule has 37 heavy (non-hydrogen) atoms. The van der Waals surface area contributed by atoms with Gasteiger partial charge >= 0.3 is 15.6 Å². The van der Waals surface area contributed by atoms with E-state index < -0.39 is 26.8 Å². The summed E-state index contributed by atoms with van der Waals surface area (Å²) >= 11 is 0. The third-order valence-corrected chi connectivity index (χ3v) is 8.22. The Kier molecular flexibility index (Phi) is 7.95. The third-order valence-electron chi connectivity index (χ3n) is 6.05. The molecule has 2 atom stereocenters. The van der Waals surface area contributed by atoms with Crippen LogP contribution in [0, 0.1) is 0 Å². The molecule has 0 spiro atoms. The molecule has 0 aromatic heterocycles. The summed E-state index contributed by atoms with van der Waals surface area (Å²) in [6, 6.07) is 34.7. The van der Waals surface area contributed by atoms with Gasteiger partial charge in [0.2, 0.25) is 5.79 Å². The van der Waals surface area contributed by atoms with Crippen molar-refractivity contribution in [1.82, 2.24) is 0 Å². The Morgan fingerprint density at radius 1 is 0.595 bits per heavy atom. The highest BCUT2D eigenvalue weighted by atomic mass is 31.3. The van der Waals surface area contributed by atoms with Crippen molar-refractivity contribution in [1.29, 1.82) is 0 Å². The summed E-state index contributed by atoms with van der Waals surface area (Å²) in [6.07, 6.45) is 0.0726. The van der Waals surface area contributed by atoms with Crippen LogP contribution in [-0.2, 0) is 35.6 Å². The predicted octanol–water partition coefficient (Wildman–Crippen LogP) is 5.29. The molecule has 2 unspecified atom stereocenters. The van der Waals surface area contributed by atoms with Crippen LogP contribution in [0.5, 0.6) is 0 Å². The molecule has 0 aliphatic carbocycles. The molecule has 0 saturated heterocycles. The smallest absolute Gasteiger partial charge is 0.360 e. The second kappa shape index (κ2) is 10.8. The summed E-state index contributed by atoms with van der Waals surface area (Å²) in [5.41, 5.74) is 0.272. The number of phosphoric acid groups is 2. The minimum absolute atomic E-state index is 0.0715. The van der Waals surface area contributed by atoms with Gasteiger partial charge in [-0.15, -0.1) is 0 Å². The van der Waals surface area contributed by atoms with Gasteiger partial charge in [-0.2, -0.15) is 4.31 Å². The summed E-state index contributed by atoms with van der Waals surface area (Å²) < 4.78 is 34.2. The van der Waals surface area contributed by atoms with E-state index in [0.29, 0.717) is 11.1 Å². The average Bonchev–Trinajstić information content (AvgIpc) is 2.87. The zero-order chi connectivity index (χ0) is 26.6. The maximum absolute atomic E-state index is 13.0. The van der Waals surface area contributed by atoms with E-state index in [1.807, 2.05) is 30.3 Å². The van der Waals surface area contributed by atoms with Crippen LogP contribution in [0.4, 0.5) is 0 Å². The molecule has 8 nitrogen and oxygen atoms in total. The van der Waals surface area contributed by atoms with E-state index in [1.54, 1.807) is 78.9 Å². The molecule has 0 bridgehead atoms. The van der Waals surface area contributed by atoms with E-state index in [2.05, 4.69) is 4.31 Å². The molecule has 0 radical (unpaired) electrons. The second-order valence-electron chi connectivity index (χ2n) is 8.44. The molecular formula is C27H26O8P2. The van der Waals surface area contributed by atoms with Gasteiger partial charge in [-0.3, -0.25) is 0 Å². The summed E-state index contributed by atoms with van der Waals surface area (Å²) in [4.78, 5) is 29.1. The van der Waals surface area contributed by atoms with E-state index in [4.69, 9.17) is 4.52 Å². The molecule has 10 heteroatoms. The first-order valence-electron chi connectivity index (χ1n) is 11.3. The van der Waals surface area contributed by atoms with Gasteiger partial charge in [-0.1, -0.05) is 121 Å². The highest BCUT2D eigenvalue weighted by Gasteiger charge is 2.59. The lowest BCUT2D eigenvalue weighted by Gasteiger charge is -2.48. The van der Waals surface area contributed by atoms with Crippen LogP contribution in [0.2, 0.25) is 0 Å². The zero-order valence-corrected chi connectivity index (χ0v) is 21.4. The lowest BCUT2D eigenvalue weighted by atomic mass is 9.63. The van der Waals surface area contributed by atoms with Gasteiger partial charge in [0.05, 0.1) is 5.41 Å². The topological polar surface area (TPSA) is 134 Å². The third kappa shape index (κ3) is 5.99. The van der Waals surface area contributed by atoms with Crippen LogP contribution in [-0.4, -0.2) is 19.8 Å². The fourth-order valence-electron chi connectivity index (χ4n) is 4.59. The lowest BCUT2D eigenvalue weighted by molar-refractivity contribution is -0.201. The van der Waals surface area contributed by atoms with E-state index in [9.17, 15) is 28.9 Å². The molecule has 0 aliphatic rings. The quantitative estimate of drug-likeness (QED) is 0.158. The van der Waals surface area contributed by atoms with Crippen molar-refractivity contribution in [3.63, 3.8) is 0 Å². The number of hydrogen-bond acceptors (Lipinski definition) is 5. The van der Waals surface area contributed by atoms with Gasteiger partial charge < -0.3 is 19.8 Å². The van der Waals surface area contributed by atoms with Crippen LogP contribution in [0.3, 0.4) is 0 Å². The largest absolute Gasteiger partial charge is 0.483 e. The van der Waals surface area contributed by atoms with Crippen molar-refractivity contribution in [3.8, 4) is 0 Å². The maximum atomic E-state index is 13.0. The van der Waals surface area contributed by atoms with Crippen molar-refractivity contribution in [2.45, 2.75) is 17.6 Å². The Morgan fingerprint density at radius 2 is 0.973 bits per heavy atom. The van der Waals surface area contributed by atoms with Crippen molar-refractivity contribution in [2.24, 2.45) is 0 Å². The van der Waals surface area contributed by atoms with Crippen molar-refractivity contribution >= 4 is 15.6 Å². The molecule has 4 aromatic carbocycles. The van der Waals surface area contributed by atoms with Gasteiger partial charge in [-0.25, -0.2) is 13.7 Å². The Balaban J connectivity index is 2.09. The lowest BCUT2D eigenvalue weighted by Crippen LogP contribution is -2.53. The Bertz CT molecular complexity index is 1360. The van der Waals surface area contributed by atoms with Crippen LogP contribution >= 0.6 is 15.6 Å². The SMILES string of the molecule is O=P(O)(O)OP(=O)(O)OC(O)(c1ccccc1)C(Cc1ccccc1)(c1ccccc1)c1ccccc1. The fraction of sp³-hybridized carbons (Fsp3) is 0.111. The average molecular weight is 540 g/mol. The zero-order valence-electron chi connectivity index (χ0n) is 19.6.